The lowest BCUT2D eigenvalue weighted by atomic mass is 10.0. The van der Waals surface area contributed by atoms with Crippen molar-refractivity contribution in [2.24, 2.45) is 5.92 Å². The Bertz CT molecular complexity index is 449. The number of benzene rings is 1. The first-order chi connectivity index (χ1) is 9.51. The van der Waals surface area contributed by atoms with Gasteiger partial charge in [0, 0.05) is 36.3 Å². The van der Waals surface area contributed by atoms with Crippen LogP contribution >= 0.6 is 15.9 Å². The van der Waals surface area contributed by atoms with Gasteiger partial charge in [0.15, 0.2) is 0 Å². The highest BCUT2D eigenvalue weighted by Crippen LogP contribution is 2.30. The first-order valence-corrected chi connectivity index (χ1v) is 8.17. The summed E-state index contributed by atoms with van der Waals surface area (Å²) >= 11 is 3.60. The summed E-state index contributed by atoms with van der Waals surface area (Å²) in [5, 5.41) is 3.35. The third-order valence-corrected chi connectivity index (χ3v) is 4.82. The van der Waals surface area contributed by atoms with E-state index in [4.69, 9.17) is 0 Å². The predicted octanol–water partition coefficient (Wildman–Crippen LogP) is 3.12. The molecule has 0 aliphatic carbocycles. The van der Waals surface area contributed by atoms with Crippen LogP contribution in [0.25, 0.3) is 0 Å². The van der Waals surface area contributed by atoms with Gasteiger partial charge in [-0.15, -0.1) is 0 Å². The number of anilines is 1. The van der Waals surface area contributed by atoms with Crippen molar-refractivity contribution in [2.45, 2.75) is 19.4 Å². The Kier molecular flexibility index (Phi) is 5.47. The van der Waals surface area contributed by atoms with Crippen molar-refractivity contribution in [2.75, 3.05) is 45.7 Å². The highest BCUT2D eigenvalue weighted by atomic mass is 79.9. The highest BCUT2D eigenvalue weighted by Gasteiger charge is 2.22. The Morgan fingerprint density at radius 3 is 2.85 bits per heavy atom. The van der Waals surface area contributed by atoms with Crippen molar-refractivity contribution >= 4 is 21.6 Å². The number of nitrogens with one attached hydrogen (secondary N) is 1. The summed E-state index contributed by atoms with van der Waals surface area (Å²) in [6.45, 7) is 5.79. The molecule has 2 rings (SSSR count). The Balaban J connectivity index is 2.15. The van der Waals surface area contributed by atoms with Crippen molar-refractivity contribution in [1.82, 2.24) is 10.2 Å². The third kappa shape index (κ3) is 3.74. The van der Waals surface area contributed by atoms with Crippen molar-refractivity contribution in [1.29, 1.82) is 0 Å². The second-order valence-corrected chi connectivity index (χ2v) is 6.93. The van der Waals surface area contributed by atoms with Crippen LogP contribution in [0.5, 0.6) is 0 Å². The van der Waals surface area contributed by atoms with Crippen LogP contribution in [0, 0.1) is 5.92 Å². The van der Waals surface area contributed by atoms with Crippen LogP contribution in [0.4, 0.5) is 5.69 Å². The van der Waals surface area contributed by atoms with Crippen LogP contribution < -0.4 is 10.2 Å². The molecule has 2 unspecified atom stereocenters. The molecule has 1 aromatic rings. The van der Waals surface area contributed by atoms with Crippen LogP contribution in [0.15, 0.2) is 22.7 Å². The van der Waals surface area contributed by atoms with Gasteiger partial charge in [-0.25, -0.2) is 0 Å². The summed E-state index contributed by atoms with van der Waals surface area (Å²) in [6, 6.07) is 6.95. The third-order valence-electron chi connectivity index (χ3n) is 4.32. The van der Waals surface area contributed by atoms with Gasteiger partial charge in [0.2, 0.25) is 0 Å². The molecule has 1 aliphatic rings. The van der Waals surface area contributed by atoms with Crippen molar-refractivity contribution in [3.63, 3.8) is 0 Å². The number of hydrogen-bond acceptors (Lipinski definition) is 3. The molecule has 1 N–H and O–H groups in total. The van der Waals surface area contributed by atoms with E-state index in [1.807, 2.05) is 7.05 Å². The lowest BCUT2D eigenvalue weighted by molar-refractivity contribution is 0.396. The molecule has 0 amide bonds. The van der Waals surface area contributed by atoms with E-state index >= 15 is 0 Å². The molecule has 0 spiro atoms. The van der Waals surface area contributed by atoms with Crippen LogP contribution in [0.3, 0.4) is 0 Å². The molecule has 3 nitrogen and oxygen atoms in total. The maximum Gasteiger partial charge on any atom is 0.0423 e. The zero-order valence-electron chi connectivity index (χ0n) is 13.0. The zero-order valence-corrected chi connectivity index (χ0v) is 14.6. The van der Waals surface area contributed by atoms with Gasteiger partial charge in [0.05, 0.1) is 0 Å². The Morgan fingerprint density at radius 1 is 1.50 bits per heavy atom. The smallest absolute Gasteiger partial charge is 0.0423 e. The Hall–Kier alpha value is -0.580. The van der Waals surface area contributed by atoms with Crippen LogP contribution in [-0.4, -0.2) is 45.7 Å². The number of hydrogen-bond donors (Lipinski definition) is 1. The molecule has 0 radical (unpaired) electrons. The van der Waals surface area contributed by atoms with E-state index in [1.54, 1.807) is 0 Å². The second kappa shape index (κ2) is 6.92. The highest BCUT2D eigenvalue weighted by molar-refractivity contribution is 9.10. The summed E-state index contributed by atoms with van der Waals surface area (Å²) in [5.41, 5.74) is 2.69. The molecule has 20 heavy (non-hydrogen) atoms. The molecule has 0 saturated carbocycles. The summed E-state index contributed by atoms with van der Waals surface area (Å²) in [5.74, 6) is 0.779. The zero-order chi connectivity index (χ0) is 14.7. The van der Waals surface area contributed by atoms with Crippen molar-refractivity contribution in [3.8, 4) is 0 Å². The SMILES string of the molecule is CNC(C)c1ccc(Br)cc1N(C)CC1CCN(C)C1. The fourth-order valence-corrected chi connectivity index (χ4v) is 3.38. The molecule has 1 heterocycles. The first kappa shape index (κ1) is 15.8. The van der Waals surface area contributed by atoms with Gasteiger partial charge in [0.25, 0.3) is 0 Å². The summed E-state index contributed by atoms with van der Waals surface area (Å²) in [7, 11) is 6.45. The van der Waals surface area contributed by atoms with E-state index < -0.39 is 0 Å². The van der Waals surface area contributed by atoms with Crippen LogP contribution in [0.1, 0.15) is 24.9 Å². The van der Waals surface area contributed by atoms with Crippen molar-refractivity contribution in [3.05, 3.63) is 28.2 Å². The average molecular weight is 340 g/mol. The van der Waals surface area contributed by atoms with Gasteiger partial charge in [-0.3, -0.25) is 0 Å². The molecule has 1 aliphatic heterocycles. The average Bonchev–Trinajstić information content (AvgIpc) is 2.83. The molecule has 2 atom stereocenters. The van der Waals surface area contributed by atoms with Crippen LogP contribution in [0.2, 0.25) is 0 Å². The van der Waals surface area contributed by atoms with E-state index in [9.17, 15) is 0 Å². The Labute approximate surface area is 131 Å². The predicted molar refractivity (Wildman–Crippen MR) is 90.5 cm³/mol. The Morgan fingerprint density at radius 2 is 2.25 bits per heavy atom. The van der Waals surface area contributed by atoms with Gasteiger partial charge < -0.3 is 15.1 Å². The van der Waals surface area contributed by atoms with E-state index in [2.05, 4.69) is 70.3 Å². The van der Waals surface area contributed by atoms with E-state index in [0.29, 0.717) is 6.04 Å². The van der Waals surface area contributed by atoms with Gasteiger partial charge in [-0.1, -0.05) is 22.0 Å². The van der Waals surface area contributed by atoms with Gasteiger partial charge in [-0.05, 0) is 57.6 Å². The molecular formula is C16H26BrN3. The monoisotopic (exact) mass is 339 g/mol. The minimum Gasteiger partial charge on any atom is -0.374 e. The fourth-order valence-electron chi connectivity index (χ4n) is 3.03. The maximum atomic E-state index is 3.60. The van der Waals surface area contributed by atoms with E-state index in [0.717, 1.165) is 16.9 Å². The number of rotatable bonds is 5. The standard InChI is InChI=1S/C16H26BrN3/c1-12(18-2)15-6-5-14(17)9-16(15)20(4)11-13-7-8-19(3)10-13/h5-6,9,12-13,18H,7-8,10-11H2,1-4H3. The quantitative estimate of drug-likeness (QED) is 0.889. The van der Waals surface area contributed by atoms with E-state index in [1.165, 1.54) is 30.8 Å². The molecule has 112 valence electrons. The first-order valence-electron chi connectivity index (χ1n) is 7.37. The number of likely N-dealkylation sites (tertiary alicyclic amines) is 1. The topological polar surface area (TPSA) is 18.5 Å². The normalized spacial score (nSPS) is 21.1. The molecule has 1 fully saturated rings. The maximum absolute atomic E-state index is 3.60. The minimum absolute atomic E-state index is 0.367. The van der Waals surface area contributed by atoms with Crippen molar-refractivity contribution < 1.29 is 0 Å². The van der Waals surface area contributed by atoms with Gasteiger partial charge in [-0.2, -0.15) is 0 Å². The summed E-state index contributed by atoms with van der Waals surface area (Å²) in [6.07, 6.45) is 1.31. The van der Waals surface area contributed by atoms with Crippen LogP contribution in [-0.2, 0) is 0 Å². The van der Waals surface area contributed by atoms with Gasteiger partial charge >= 0.3 is 0 Å². The molecule has 1 aromatic carbocycles. The summed E-state index contributed by atoms with van der Waals surface area (Å²) < 4.78 is 1.15. The molecule has 1 saturated heterocycles. The molecule has 4 heteroatoms. The lowest BCUT2D eigenvalue weighted by Crippen LogP contribution is -2.29. The van der Waals surface area contributed by atoms with E-state index in [-0.39, 0.29) is 0 Å². The summed E-state index contributed by atoms with van der Waals surface area (Å²) in [4.78, 5) is 4.84. The fraction of sp³-hybridized carbons (Fsp3) is 0.625. The second-order valence-electron chi connectivity index (χ2n) is 6.01. The molecule has 0 aromatic heterocycles. The van der Waals surface area contributed by atoms with Gasteiger partial charge in [0.1, 0.15) is 0 Å². The minimum atomic E-state index is 0.367. The number of nitrogens with zero attached hydrogens (tertiary/aromatic N) is 2. The largest absolute Gasteiger partial charge is 0.374 e. The number of halogens is 1. The molecule has 0 bridgehead atoms. The lowest BCUT2D eigenvalue weighted by Gasteiger charge is -2.27. The molecular weight excluding hydrogens is 314 g/mol.